The van der Waals surface area contributed by atoms with E-state index in [4.69, 9.17) is 15.2 Å². The van der Waals surface area contributed by atoms with Crippen molar-refractivity contribution in [2.45, 2.75) is 64.3 Å². The quantitative estimate of drug-likeness (QED) is 0.669. The van der Waals surface area contributed by atoms with E-state index in [9.17, 15) is 19.2 Å². The molecule has 30 heavy (non-hydrogen) atoms. The van der Waals surface area contributed by atoms with Gasteiger partial charge < -0.3 is 25.4 Å². The fraction of sp³-hybridized carbons (Fsp3) is 0.524. The number of primary amides is 1. The number of nitrogens with two attached hydrogens (primary N) is 1. The first-order chi connectivity index (χ1) is 14.0. The number of hydrogen-bond acceptors (Lipinski definition) is 6. The van der Waals surface area contributed by atoms with E-state index in [-0.39, 0.29) is 19.4 Å². The molecule has 1 heterocycles. The number of carbonyl (C=O) groups is 4. The summed E-state index contributed by atoms with van der Waals surface area (Å²) in [7, 11) is 1.26. The van der Waals surface area contributed by atoms with Gasteiger partial charge in [-0.3, -0.25) is 9.59 Å². The highest BCUT2D eigenvalue weighted by Crippen LogP contribution is 2.25. The van der Waals surface area contributed by atoms with Crippen LogP contribution in [0.1, 0.15) is 44.7 Å². The van der Waals surface area contributed by atoms with Gasteiger partial charge in [-0.1, -0.05) is 24.3 Å². The first-order valence-corrected chi connectivity index (χ1v) is 9.74. The van der Waals surface area contributed by atoms with Gasteiger partial charge in [0.25, 0.3) is 0 Å². The maximum absolute atomic E-state index is 13.3. The monoisotopic (exact) mass is 419 g/mol. The summed E-state index contributed by atoms with van der Waals surface area (Å²) in [6.45, 7) is 5.27. The van der Waals surface area contributed by atoms with Crippen LogP contribution in [0.5, 0.6) is 0 Å². The molecule has 2 atom stereocenters. The van der Waals surface area contributed by atoms with Gasteiger partial charge in [0.1, 0.15) is 17.7 Å². The van der Waals surface area contributed by atoms with Crippen molar-refractivity contribution in [3.05, 3.63) is 35.4 Å². The molecular weight excluding hydrogens is 390 g/mol. The lowest BCUT2D eigenvalue weighted by atomic mass is 9.93. The molecule has 0 spiro atoms. The molecule has 2 rings (SSSR count). The van der Waals surface area contributed by atoms with E-state index in [2.05, 4.69) is 5.32 Å². The number of rotatable bonds is 6. The molecule has 0 bridgehead atoms. The van der Waals surface area contributed by atoms with E-state index in [1.165, 1.54) is 12.0 Å². The van der Waals surface area contributed by atoms with Crippen molar-refractivity contribution in [2.24, 2.45) is 5.73 Å². The minimum absolute atomic E-state index is 0.0144. The van der Waals surface area contributed by atoms with Crippen LogP contribution in [0.3, 0.4) is 0 Å². The van der Waals surface area contributed by atoms with Gasteiger partial charge in [-0.05, 0) is 38.3 Å². The zero-order valence-corrected chi connectivity index (χ0v) is 17.8. The number of ether oxygens (including phenoxy) is 2. The van der Waals surface area contributed by atoms with Gasteiger partial charge in [0, 0.05) is 19.4 Å². The minimum atomic E-state index is -1.08. The summed E-state index contributed by atoms with van der Waals surface area (Å²) in [6, 6.07) is 5.58. The van der Waals surface area contributed by atoms with Gasteiger partial charge >= 0.3 is 12.1 Å². The van der Waals surface area contributed by atoms with E-state index in [1.807, 2.05) is 24.3 Å². The van der Waals surface area contributed by atoms with Crippen molar-refractivity contribution in [1.29, 1.82) is 0 Å². The van der Waals surface area contributed by atoms with Crippen molar-refractivity contribution < 1.29 is 28.7 Å². The van der Waals surface area contributed by atoms with Gasteiger partial charge in [-0.2, -0.15) is 0 Å². The molecule has 1 aliphatic heterocycles. The van der Waals surface area contributed by atoms with Crippen LogP contribution in [0.4, 0.5) is 4.79 Å². The average Bonchev–Trinajstić information content (AvgIpc) is 2.67. The Balaban J connectivity index is 2.29. The number of benzene rings is 1. The number of methoxy groups -OCH3 is 1. The van der Waals surface area contributed by atoms with Crippen molar-refractivity contribution in [2.75, 3.05) is 7.11 Å². The lowest BCUT2D eigenvalue weighted by Crippen LogP contribution is -2.56. The second-order valence-corrected chi connectivity index (χ2v) is 8.18. The van der Waals surface area contributed by atoms with E-state index >= 15 is 0 Å². The Hall–Kier alpha value is -3.10. The molecule has 0 radical (unpaired) electrons. The Kier molecular flexibility index (Phi) is 7.42. The lowest BCUT2D eigenvalue weighted by Gasteiger charge is -2.37. The highest BCUT2D eigenvalue weighted by Gasteiger charge is 2.38. The van der Waals surface area contributed by atoms with Crippen LogP contribution in [0.25, 0.3) is 0 Å². The van der Waals surface area contributed by atoms with Gasteiger partial charge in [-0.15, -0.1) is 0 Å². The molecule has 0 aliphatic carbocycles. The molecule has 3 N–H and O–H groups in total. The topological polar surface area (TPSA) is 128 Å². The summed E-state index contributed by atoms with van der Waals surface area (Å²) in [4.78, 5) is 50.6. The summed E-state index contributed by atoms with van der Waals surface area (Å²) in [5.41, 5.74) is 6.32. The molecule has 9 heteroatoms. The van der Waals surface area contributed by atoms with Crippen LogP contribution in [0.15, 0.2) is 24.3 Å². The fourth-order valence-electron chi connectivity index (χ4n) is 3.30. The van der Waals surface area contributed by atoms with Crippen LogP contribution in [-0.4, -0.2) is 53.6 Å². The van der Waals surface area contributed by atoms with Crippen LogP contribution >= 0.6 is 0 Å². The molecule has 3 amide bonds. The second-order valence-electron chi connectivity index (χ2n) is 8.18. The largest absolute Gasteiger partial charge is 0.467 e. The van der Waals surface area contributed by atoms with Gasteiger partial charge in [0.2, 0.25) is 11.8 Å². The number of esters is 1. The zero-order valence-electron chi connectivity index (χ0n) is 17.8. The predicted molar refractivity (Wildman–Crippen MR) is 108 cm³/mol. The number of fused-ring (bicyclic) bond motifs is 1. The molecule has 1 aromatic rings. The van der Waals surface area contributed by atoms with Crippen LogP contribution < -0.4 is 11.1 Å². The second kappa shape index (κ2) is 9.60. The van der Waals surface area contributed by atoms with Crippen molar-refractivity contribution in [3.8, 4) is 0 Å². The van der Waals surface area contributed by atoms with Crippen molar-refractivity contribution in [3.63, 3.8) is 0 Å². The highest BCUT2D eigenvalue weighted by atomic mass is 16.6. The Bertz CT molecular complexity index is 817. The Morgan fingerprint density at radius 3 is 2.40 bits per heavy atom. The van der Waals surface area contributed by atoms with E-state index < -0.39 is 41.6 Å². The molecule has 1 aromatic carbocycles. The molecule has 0 aromatic heterocycles. The number of nitrogens with zero attached hydrogens (tertiary/aromatic N) is 1. The number of hydrogen-bond donors (Lipinski definition) is 2. The average molecular weight is 419 g/mol. The van der Waals surface area contributed by atoms with Gasteiger partial charge in [0.15, 0.2) is 0 Å². The first kappa shape index (κ1) is 23.2. The minimum Gasteiger partial charge on any atom is -0.467 e. The normalized spacial score (nSPS) is 16.8. The Labute approximate surface area is 175 Å². The van der Waals surface area contributed by atoms with E-state index in [1.54, 1.807) is 20.8 Å². The van der Waals surface area contributed by atoms with Gasteiger partial charge in [-0.25, -0.2) is 9.59 Å². The molecule has 0 saturated heterocycles. The maximum Gasteiger partial charge on any atom is 0.408 e. The SMILES string of the molecule is COC(=O)[C@@H]1Cc2ccccc2CN1C(=O)[C@H](CCC(N)=O)NC(=O)OC(C)(C)C. The highest BCUT2D eigenvalue weighted by molar-refractivity contribution is 5.90. The standard InChI is InChI=1S/C21H29N3O6/c1-21(2,3)30-20(28)23-15(9-10-17(22)25)18(26)24-12-14-8-6-5-7-13(14)11-16(24)19(27)29-4/h5-8,15-16H,9-12H2,1-4H3,(H2,22,25)(H,23,28)/t15-,16-/m0/s1. The van der Waals surface area contributed by atoms with E-state index in [0.717, 1.165) is 11.1 Å². The summed E-state index contributed by atoms with van der Waals surface area (Å²) in [6.07, 6.45) is -0.625. The summed E-state index contributed by atoms with van der Waals surface area (Å²) in [5, 5.41) is 2.52. The van der Waals surface area contributed by atoms with Crippen molar-refractivity contribution >= 4 is 23.9 Å². The number of nitrogens with one attached hydrogen (secondary N) is 1. The van der Waals surface area contributed by atoms with Gasteiger partial charge in [0.05, 0.1) is 7.11 Å². The summed E-state index contributed by atoms with van der Waals surface area (Å²) in [5.74, 6) is -1.66. The molecule has 1 aliphatic rings. The summed E-state index contributed by atoms with van der Waals surface area (Å²) < 4.78 is 10.1. The molecule has 0 unspecified atom stereocenters. The first-order valence-electron chi connectivity index (χ1n) is 9.74. The zero-order chi connectivity index (χ0) is 22.5. The predicted octanol–water partition coefficient (Wildman–Crippen LogP) is 1.27. The molecule has 0 fully saturated rings. The molecule has 0 saturated carbocycles. The van der Waals surface area contributed by atoms with E-state index in [0.29, 0.717) is 6.42 Å². The third kappa shape index (κ3) is 6.20. The Morgan fingerprint density at radius 1 is 1.20 bits per heavy atom. The number of carbonyl (C=O) groups excluding carboxylic acids is 4. The Morgan fingerprint density at radius 2 is 1.83 bits per heavy atom. The molecular formula is C21H29N3O6. The third-order valence-corrected chi connectivity index (χ3v) is 4.67. The molecule has 164 valence electrons. The fourth-order valence-corrected chi connectivity index (χ4v) is 3.30. The number of amides is 3. The van der Waals surface area contributed by atoms with Crippen LogP contribution in [0, 0.1) is 0 Å². The maximum atomic E-state index is 13.3. The summed E-state index contributed by atoms with van der Waals surface area (Å²) >= 11 is 0. The van der Waals surface area contributed by atoms with Crippen molar-refractivity contribution in [1.82, 2.24) is 10.2 Å². The smallest absolute Gasteiger partial charge is 0.408 e. The third-order valence-electron chi connectivity index (χ3n) is 4.67. The van der Waals surface area contributed by atoms with Crippen LogP contribution in [-0.2, 0) is 36.8 Å². The van der Waals surface area contributed by atoms with Crippen LogP contribution in [0.2, 0.25) is 0 Å². The lowest BCUT2D eigenvalue weighted by molar-refractivity contribution is -0.155. The molecule has 9 nitrogen and oxygen atoms in total. The number of alkyl carbamates (subject to hydrolysis) is 1.